The zero-order chi connectivity index (χ0) is 13.8. The maximum atomic E-state index is 12.0. The van der Waals surface area contributed by atoms with Crippen molar-refractivity contribution in [1.82, 2.24) is 0 Å². The topological polar surface area (TPSA) is 46.5 Å². The fourth-order valence-electron chi connectivity index (χ4n) is 1.92. The molecule has 3 heteroatoms. The van der Waals surface area contributed by atoms with Crippen LogP contribution in [0.15, 0.2) is 49.1 Å². The van der Waals surface area contributed by atoms with Gasteiger partial charge in [-0.3, -0.25) is 0 Å². The number of phenols is 1. The molecule has 0 amide bonds. The van der Waals surface area contributed by atoms with Crippen LogP contribution in [-0.4, -0.2) is 17.2 Å². The number of carbonyl (C=O) groups is 1. The Morgan fingerprint density at radius 3 is 2.79 bits per heavy atom. The second-order valence-corrected chi connectivity index (χ2v) is 4.27. The van der Waals surface area contributed by atoms with Crippen LogP contribution in [0.5, 0.6) is 5.75 Å². The SMILES string of the molecule is C=CC(CC)OC(=O)c1ccc2ccccc2c1O. The molecule has 2 aromatic carbocycles. The number of ether oxygens (including phenoxy) is 1. The summed E-state index contributed by atoms with van der Waals surface area (Å²) in [6.45, 7) is 5.51. The lowest BCUT2D eigenvalue weighted by atomic mass is 10.1. The molecule has 0 aliphatic carbocycles. The average Bonchev–Trinajstić information content (AvgIpc) is 2.45. The molecule has 1 atom stereocenters. The third kappa shape index (κ3) is 2.60. The van der Waals surface area contributed by atoms with Crippen molar-refractivity contribution in [1.29, 1.82) is 0 Å². The Balaban J connectivity index is 2.37. The van der Waals surface area contributed by atoms with Gasteiger partial charge in [-0.1, -0.05) is 49.9 Å². The molecule has 1 N–H and O–H groups in total. The summed E-state index contributed by atoms with van der Waals surface area (Å²) >= 11 is 0. The van der Waals surface area contributed by atoms with Gasteiger partial charge in [0.25, 0.3) is 0 Å². The van der Waals surface area contributed by atoms with Gasteiger partial charge in [0.05, 0.1) is 0 Å². The summed E-state index contributed by atoms with van der Waals surface area (Å²) in [7, 11) is 0. The van der Waals surface area contributed by atoms with Crippen molar-refractivity contribution >= 4 is 16.7 Å². The van der Waals surface area contributed by atoms with E-state index in [1.807, 2.05) is 25.1 Å². The molecule has 0 aliphatic rings. The van der Waals surface area contributed by atoms with Gasteiger partial charge in [-0.05, 0) is 17.9 Å². The Hall–Kier alpha value is -2.29. The lowest BCUT2D eigenvalue weighted by molar-refractivity contribution is 0.0386. The lowest BCUT2D eigenvalue weighted by Crippen LogP contribution is -2.15. The molecule has 19 heavy (non-hydrogen) atoms. The molecule has 0 saturated heterocycles. The number of hydrogen-bond donors (Lipinski definition) is 1. The summed E-state index contributed by atoms with van der Waals surface area (Å²) in [6, 6.07) is 10.7. The maximum absolute atomic E-state index is 12.0. The largest absolute Gasteiger partial charge is 0.506 e. The third-order valence-electron chi connectivity index (χ3n) is 3.04. The molecule has 0 saturated carbocycles. The number of hydrogen-bond acceptors (Lipinski definition) is 3. The average molecular weight is 256 g/mol. The summed E-state index contributed by atoms with van der Waals surface area (Å²) in [6.07, 6.45) is 1.90. The minimum Gasteiger partial charge on any atom is -0.506 e. The van der Waals surface area contributed by atoms with Gasteiger partial charge in [0.15, 0.2) is 0 Å². The van der Waals surface area contributed by atoms with Gasteiger partial charge in [0.2, 0.25) is 0 Å². The molecule has 0 aliphatic heterocycles. The van der Waals surface area contributed by atoms with Crippen molar-refractivity contribution < 1.29 is 14.6 Å². The van der Waals surface area contributed by atoms with Gasteiger partial charge in [0, 0.05) is 5.39 Å². The van der Waals surface area contributed by atoms with Crippen molar-refractivity contribution in [3.63, 3.8) is 0 Å². The van der Waals surface area contributed by atoms with E-state index in [1.54, 1.807) is 24.3 Å². The van der Waals surface area contributed by atoms with Crippen LogP contribution in [0.25, 0.3) is 10.8 Å². The van der Waals surface area contributed by atoms with E-state index in [9.17, 15) is 9.90 Å². The van der Waals surface area contributed by atoms with Crippen LogP contribution in [0, 0.1) is 0 Å². The highest BCUT2D eigenvalue weighted by Crippen LogP contribution is 2.29. The second kappa shape index (κ2) is 5.57. The van der Waals surface area contributed by atoms with E-state index in [0.717, 1.165) is 5.39 Å². The van der Waals surface area contributed by atoms with E-state index in [2.05, 4.69) is 6.58 Å². The van der Waals surface area contributed by atoms with E-state index < -0.39 is 5.97 Å². The van der Waals surface area contributed by atoms with Gasteiger partial charge < -0.3 is 9.84 Å². The van der Waals surface area contributed by atoms with Gasteiger partial charge in [-0.25, -0.2) is 4.79 Å². The molecule has 98 valence electrons. The standard InChI is InChI=1S/C16H16O3/c1-3-12(4-2)19-16(18)14-10-9-11-7-5-6-8-13(11)15(14)17/h3,5-10,12,17H,1,4H2,2H3. The molecule has 1 unspecified atom stereocenters. The zero-order valence-electron chi connectivity index (χ0n) is 10.8. The summed E-state index contributed by atoms with van der Waals surface area (Å²) in [5, 5.41) is 11.7. The summed E-state index contributed by atoms with van der Waals surface area (Å²) in [5.74, 6) is -0.572. The molecule has 0 heterocycles. The normalized spacial score (nSPS) is 12.1. The first kappa shape index (κ1) is 13.1. The minimum atomic E-state index is -0.532. The number of phenolic OH excluding ortho intramolecular Hbond substituents is 1. The molecular weight excluding hydrogens is 240 g/mol. The van der Waals surface area contributed by atoms with Crippen molar-refractivity contribution in [3.05, 3.63) is 54.6 Å². The van der Waals surface area contributed by atoms with Gasteiger partial charge >= 0.3 is 5.97 Å². The maximum Gasteiger partial charge on any atom is 0.342 e. The highest BCUT2D eigenvalue weighted by molar-refractivity contribution is 6.01. The number of rotatable bonds is 4. The van der Waals surface area contributed by atoms with Crippen LogP contribution < -0.4 is 0 Å². The Morgan fingerprint density at radius 2 is 2.11 bits per heavy atom. The number of esters is 1. The predicted octanol–water partition coefficient (Wildman–Crippen LogP) is 3.67. The Morgan fingerprint density at radius 1 is 1.37 bits per heavy atom. The van der Waals surface area contributed by atoms with Gasteiger partial charge in [-0.2, -0.15) is 0 Å². The molecule has 0 spiro atoms. The number of aromatic hydroxyl groups is 1. The van der Waals surface area contributed by atoms with Crippen LogP contribution in [0.1, 0.15) is 23.7 Å². The first-order valence-electron chi connectivity index (χ1n) is 6.21. The Kier molecular flexibility index (Phi) is 3.85. The Bertz CT molecular complexity index is 616. The smallest absolute Gasteiger partial charge is 0.342 e. The lowest BCUT2D eigenvalue weighted by Gasteiger charge is -2.13. The summed E-state index contributed by atoms with van der Waals surface area (Å²) in [4.78, 5) is 12.0. The molecule has 0 bridgehead atoms. The van der Waals surface area contributed by atoms with Crippen molar-refractivity contribution in [2.24, 2.45) is 0 Å². The first-order valence-corrected chi connectivity index (χ1v) is 6.21. The first-order chi connectivity index (χ1) is 9.17. The van der Waals surface area contributed by atoms with E-state index >= 15 is 0 Å². The van der Waals surface area contributed by atoms with Crippen LogP contribution in [0.2, 0.25) is 0 Å². The van der Waals surface area contributed by atoms with Crippen molar-refractivity contribution in [2.75, 3.05) is 0 Å². The third-order valence-corrected chi connectivity index (χ3v) is 3.04. The van der Waals surface area contributed by atoms with E-state index in [-0.39, 0.29) is 17.4 Å². The van der Waals surface area contributed by atoms with Crippen LogP contribution in [0.3, 0.4) is 0 Å². The van der Waals surface area contributed by atoms with E-state index in [4.69, 9.17) is 4.74 Å². The Labute approximate surface area is 112 Å². The number of benzene rings is 2. The quantitative estimate of drug-likeness (QED) is 0.670. The van der Waals surface area contributed by atoms with Crippen LogP contribution >= 0.6 is 0 Å². The van der Waals surface area contributed by atoms with Gasteiger partial charge in [-0.15, -0.1) is 0 Å². The molecular formula is C16H16O3. The number of fused-ring (bicyclic) bond motifs is 1. The molecule has 2 rings (SSSR count). The van der Waals surface area contributed by atoms with Crippen LogP contribution in [0.4, 0.5) is 0 Å². The number of carbonyl (C=O) groups excluding carboxylic acids is 1. The minimum absolute atomic E-state index is 0.0398. The zero-order valence-corrected chi connectivity index (χ0v) is 10.8. The molecule has 2 aromatic rings. The highest BCUT2D eigenvalue weighted by atomic mass is 16.5. The molecule has 3 nitrogen and oxygen atoms in total. The summed E-state index contributed by atoms with van der Waals surface area (Å²) < 4.78 is 5.25. The van der Waals surface area contributed by atoms with Gasteiger partial charge in [0.1, 0.15) is 17.4 Å². The van der Waals surface area contributed by atoms with E-state index in [1.165, 1.54) is 0 Å². The fourth-order valence-corrected chi connectivity index (χ4v) is 1.92. The summed E-state index contributed by atoms with van der Waals surface area (Å²) in [5.41, 5.74) is 0.180. The van der Waals surface area contributed by atoms with Crippen LogP contribution in [-0.2, 0) is 4.74 Å². The predicted molar refractivity (Wildman–Crippen MR) is 75.3 cm³/mol. The molecule has 0 aromatic heterocycles. The second-order valence-electron chi connectivity index (χ2n) is 4.27. The molecule has 0 radical (unpaired) electrons. The molecule has 0 fully saturated rings. The van der Waals surface area contributed by atoms with E-state index in [0.29, 0.717) is 11.8 Å². The van der Waals surface area contributed by atoms with Crippen molar-refractivity contribution in [2.45, 2.75) is 19.4 Å². The fraction of sp³-hybridized carbons (Fsp3) is 0.188. The highest BCUT2D eigenvalue weighted by Gasteiger charge is 2.17. The van der Waals surface area contributed by atoms with Crippen molar-refractivity contribution in [3.8, 4) is 5.75 Å². The monoisotopic (exact) mass is 256 g/mol.